The van der Waals surface area contributed by atoms with E-state index in [1.165, 1.54) is 0 Å². The molecule has 5 heteroatoms. The fraction of sp³-hybridized carbons (Fsp3) is 0.231. The molecular formula is C13H11BrCl2N2. The van der Waals surface area contributed by atoms with E-state index in [-0.39, 0.29) is 0 Å². The van der Waals surface area contributed by atoms with Gasteiger partial charge in [-0.1, -0.05) is 48.7 Å². The summed E-state index contributed by atoms with van der Waals surface area (Å²) in [5.74, 6) is 0.606. The highest BCUT2D eigenvalue weighted by molar-refractivity contribution is 9.10. The van der Waals surface area contributed by atoms with E-state index in [0.717, 1.165) is 28.6 Å². The summed E-state index contributed by atoms with van der Waals surface area (Å²) in [6.07, 6.45) is 1.86. The molecule has 0 bridgehead atoms. The molecule has 0 radical (unpaired) electrons. The van der Waals surface area contributed by atoms with Gasteiger partial charge < -0.3 is 0 Å². The van der Waals surface area contributed by atoms with Gasteiger partial charge in [-0.2, -0.15) is 0 Å². The van der Waals surface area contributed by atoms with Crippen molar-refractivity contribution in [2.45, 2.75) is 19.8 Å². The maximum Gasteiger partial charge on any atom is 0.161 e. The summed E-state index contributed by atoms with van der Waals surface area (Å²) < 4.78 is 0.775. The van der Waals surface area contributed by atoms with Crippen molar-refractivity contribution in [3.05, 3.63) is 44.6 Å². The molecule has 1 heterocycles. The van der Waals surface area contributed by atoms with E-state index in [1.807, 2.05) is 24.3 Å². The van der Waals surface area contributed by atoms with Gasteiger partial charge in [0.25, 0.3) is 0 Å². The monoisotopic (exact) mass is 344 g/mol. The van der Waals surface area contributed by atoms with E-state index in [9.17, 15) is 0 Å². The Morgan fingerprint density at radius 3 is 2.67 bits per heavy atom. The Labute approximate surface area is 124 Å². The zero-order valence-corrected chi connectivity index (χ0v) is 12.8. The number of rotatable bonds is 3. The van der Waals surface area contributed by atoms with Crippen molar-refractivity contribution in [2.24, 2.45) is 0 Å². The number of aromatic nitrogens is 2. The summed E-state index contributed by atoms with van der Waals surface area (Å²) in [5, 5.41) is 1.09. The number of hydrogen-bond acceptors (Lipinski definition) is 2. The van der Waals surface area contributed by atoms with E-state index in [2.05, 4.69) is 32.8 Å². The lowest BCUT2D eigenvalue weighted by atomic mass is 10.2. The number of halogens is 3. The predicted octanol–water partition coefficient (Wildman–Crippen LogP) is 5.17. The molecule has 1 aromatic heterocycles. The van der Waals surface area contributed by atoms with Crippen molar-refractivity contribution < 1.29 is 0 Å². The Bertz CT molecular complexity index is 573. The van der Waals surface area contributed by atoms with E-state index in [0.29, 0.717) is 16.0 Å². The Morgan fingerprint density at radius 1 is 1.22 bits per heavy atom. The average Bonchev–Trinajstić information content (AvgIpc) is 2.35. The van der Waals surface area contributed by atoms with Gasteiger partial charge in [-0.25, -0.2) is 9.97 Å². The van der Waals surface area contributed by atoms with Crippen LogP contribution < -0.4 is 0 Å². The number of hydrogen-bond donors (Lipinski definition) is 0. The Kier molecular flexibility index (Phi) is 4.60. The zero-order chi connectivity index (χ0) is 13.1. The van der Waals surface area contributed by atoms with Gasteiger partial charge in [0, 0.05) is 10.6 Å². The minimum atomic E-state index is 0.434. The second-order valence-corrected chi connectivity index (χ2v) is 5.45. The van der Waals surface area contributed by atoms with E-state index < -0.39 is 0 Å². The highest BCUT2D eigenvalue weighted by Gasteiger charge is 2.11. The van der Waals surface area contributed by atoms with Gasteiger partial charge in [0.2, 0.25) is 0 Å². The number of aryl methyl sites for hydroxylation is 1. The number of benzene rings is 1. The predicted molar refractivity (Wildman–Crippen MR) is 79.2 cm³/mol. The van der Waals surface area contributed by atoms with Crippen LogP contribution in [-0.4, -0.2) is 9.97 Å². The Morgan fingerprint density at radius 2 is 2.00 bits per heavy atom. The van der Waals surface area contributed by atoms with Crippen molar-refractivity contribution in [2.75, 3.05) is 0 Å². The van der Waals surface area contributed by atoms with Crippen LogP contribution in [0.1, 0.15) is 19.0 Å². The molecule has 0 saturated carbocycles. The molecular weight excluding hydrogens is 335 g/mol. The minimum Gasteiger partial charge on any atom is -0.232 e. The van der Waals surface area contributed by atoms with Gasteiger partial charge in [-0.3, -0.25) is 0 Å². The molecule has 0 fully saturated rings. The normalized spacial score (nSPS) is 10.7. The third kappa shape index (κ3) is 3.02. The molecule has 18 heavy (non-hydrogen) atoms. The first kappa shape index (κ1) is 13.8. The first-order valence-electron chi connectivity index (χ1n) is 5.59. The second kappa shape index (κ2) is 6.00. The molecule has 2 nitrogen and oxygen atoms in total. The molecule has 1 aromatic carbocycles. The fourth-order valence-electron chi connectivity index (χ4n) is 1.62. The molecule has 0 N–H and O–H groups in total. The summed E-state index contributed by atoms with van der Waals surface area (Å²) >= 11 is 15.5. The molecule has 2 aromatic rings. The SMILES string of the molecule is CCCc1nc(-c2cccc(Cl)c2)nc(Cl)c1Br. The molecule has 0 aliphatic rings. The lowest BCUT2D eigenvalue weighted by Gasteiger charge is -2.07. The lowest BCUT2D eigenvalue weighted by molar-refractivity contribution is 0.868. The molecule has 0 atom stereocenters. The van der Waals surface area contributed by atoms with Crippen LogP contribution in [0.3, 0.4) is 0 Å². The third-order valence-corrected chi connectivity index (χ3v) is 4.02. The van der Waals surface area contributed by atoms with Gasteiger partial charge in [-0.15, -0.1) is 0 Å². The van der Waals surface area contributed by atoms with Crippen LogP contribution in [0.4, 0.5) is 0 Å². The maximum absolute atomic E-state index is 6.11. The first-order chi connectivity index (χ1) is 8.61. The summed E-state index contributed by atoms with van der Waals surface area (Å²) in [7, 11) is 0. The van der Waals surface area contributed by atoms with Crippen LogP contribution >= 0.6 is 39.1 Å². The summed E-state index contributed by atoms with van der Waals surface area (Å²) in [6, 6.07) is 7.44. The maximum atomic E-state index is 6.11. The van der Waals surface area contributed by atoms with E-state index >= 15 is 0 Å². The fourth-order valence-corrected chi connectivity index (χ4v) is 2.38. The van der Waals surface area contributed by atoms with E-state index in [4.69, 9.17) is 23.2 Å². The van der Waals surface area contributed by atoms with Gasteiger partial charge in [-0.05, 0) is 34.5 Å². The number of nitrogens with zero attached hydrogens (tertiary/aromatic N) is 2. The van der Waals surface area contributed by atoms with Crippen molar-refractivity contribution in [1.29, 1.82) is 0 Å². The van der Waals surface area contributed by atoms with Crippen LogP contribution in [0.15, 0.2) is 28.7 Å². The molecule has 0 aliphatic carbocycles. The summed E-state index contributed by atoms with van der Waals surface area (Å²) in [5.41, 5.74) is 1.79. The van der Waals surface area contributed by atoms with Crippen LogP contribution in [0.25, 0.3) is 11.4 Å². The standard InChI is InChI=1S/C13H11BrCl2N2/c1-2-4-10-11(14)12(16)18-13(17-10)8-5-3-6-9(15)7-8/h3,5-7H,2,4H2,1H3. The molecule has 0 unspecified atom stereocenters. The van der Waals surface area contributed by atoms with Crippen LogP contribution in [0.2, 0.25) is 10.2 Å². The molecule has 94 valence electrons. The molecule has 0 amide bonds. The molecule has 0 spiro atoms. The highest BCUT2D eigenvalue weighted by atomic mass is 79.9. The Balaban J connectivity index is 2.51. The minimum absolute atomic E-state index is 0.434. The van der Waals surface area contributed by atoms with Crippen molar-refractivity contribution >= 4 is 39.1 Å². The molecule has 2 rings (SSSR count). The van der Waals surface area contributed by atoms with Gasteiger partial charge >= 0.3 is 0 Å². The van der Waals surface area contributed by atoms with Crippen molar-refractivity contribution in [1.82, 2.24) is 9.97 Å². The quantitative estimate of drug-likeness (QED) is 0.717. The van der Waals surface area contributed by atoms with Gasteiger partial charge in [0.1, 0.15) is 5.15 Å². The Hall–Kier alpha value is -0.640. The van der Waals surface area contributed by atoms with Crippen molar-refractivity contribution in [3.63, 3.8) is 0 Å². The highest BCUT2D eigenvalue weighted by Crippen LogP contribution is 2.28. The molecule has 0 aliphatic heterocycles. The first-order valence-corrected chi connectivity index (χ1v) is 7.14. The topological polar surface area (TPSA) is 25.8 Å². The third-order valence-electron chi connectivity index (χ3n) is 2.45. The van der Waals surface area contributed by atoms with Crippen LogP contribution in [0.5, 0.6) is 0 Å². The zero-order valence-electron chi connectivity index (χ0n) is 9.75. The lowest BCUT2D eigenvalue weighted by Crippen LogP contribution is -1.98. The summed E-state index contributed by atoms with van der Waals surface area (Å²) in [6.45, 7) is 2.10. The van der Waals surface area contributed by atoms with Gasteiger partial charge in [0.15, 0.2) is 5.82 Å². The van der Waals surface area contributed by atoms with Crippen LogP contribution in [0, 0.1) is 0 Å². The largest absolute Gasteiger partial charge is 0.232 e. The molecule has 0 saturated heterocycles. The van der Waals surface area contributed by atoms with E-state index in [1.54, 1.807) is 0 Å². The van der Waals surface area contributed by atoms with Crippen molar-refractivity contribution in [3.8, 4) is 11.4 Å². The second-order valence-electron chi connectivity index (χ2n) is 3.86. The summed E-state index contributed by atoms with van der Waals surface area (Å²) in [4.78, 5) is 8.81. The van der Waals surface area contributed by atoms with Crippen LogP contribution in [-0.2, 0) is 6.42 Å². The van der Waals surface area contributed by atoms with Gasteiger partial charge in [0.05, 0.1) is 10.2 Å². The average molecular weight is 346 g/mol. The smallest absolute Gasteiger partial charge is 0.161 e.